The van der Waals surface area contributed by atoms with E-state index in [2.05, 4.69) is 4.72 Å². The number of sulfonamides is 1. The minimum Gasteiger partial charge on any atom is -0.391 e. The number of benzene rings is 1. The van der Waals surface area contributed by atoms with Gasteiger partial charge in [0, 0.05) is 6.54 Å². The monoisotopic (exact) mass is 311 g/mol. The highest BCUT2D eigenvalue weighted by molar-refractivity contribution is 7.88. The summed E-state index contributed by atoms with van der Waals surface area (Å²) in [5.41, 5.74) is 1.82. The molecular weight excluding hydrogens is 286 g/mol. The van der Waals surface area contributed by atoms with Gasteiger partial charge >= 0.3 is 0 Å². The number of aliphatic hydroxyl groups excluding tert-OH is 1. The van der Waals surface area contributed by atoms with Gasteiger partial charge in [-0.1, -0.05) is 49.1 Å². The first-order valence-electron chi connectivity index (χ1n) is 7.67. The minimum absolute atomic E-state index is 0.0356. The lowest BCUT2D eigenvalue weighted by Gasteiger charge is -2.26. The maximum atomic E-state index is 12.1. The van der Waals surface area contributed by atoms with Crippen LogP contribution in [0.1, 0.15) is 43.2 Å². The molecule has 21 heavy (non-hydrogen) atoms. The van der Waals surface area contributed by atoms with E-state index in [9.17, 15) is 13.5 Å². The summed E-state index contributed by atoms with van der Waals surface area (Å²) < 4.78 is 26.7. The van der Waals surface area contributed by atoms with Gasteiger partial charge in [0.2, 0.25) is 10.0 Å². The Bertz CT molecular complexity index is 550. The Morgan fingerprint density at radius 3 is 2.67 bits per heavy atom. The van der Waals surface area contributed by atoms with Gasteiger partial charge in [0.05, 0.1) is 11.9 Å². The fourth-order valence-corrected chi connectivity index (χ4v) is 4.12. The Kier molecular flexibility index (Phi) is 5.79. The molecule has 0 spiro atoms. The number of nitrogens with one attached hydrogen (secondary N) is 1. The van der Waals surface area contributed by atoms with Crippen LogP contribution in [-0.4, -0.2) is 26.2 Å². The molecule has 1 aromatic carbocycles. The average Bonchev–Trinajstić information content (AvgIpc) is 2.45. The summed E-state index contributed by atoms with van der Waals surface area (Å²) in [7, 11) is -3.40. The molecule has 2 N–H and O–H groups in total. The predicted octanol–water partition coefficient (Wildman–Crippen LogP) is 2.36. The lowest BCUT2D eigenvalue weighted by atomic mass is 9.85. The molecule has 0 bridgehead atoms. The van der Waals surface area contributed by atoms with E-state index in [1.165, 1.54) is 6.42 Å². The van der Waals surface area contributed by atoms with Gasteiger partial charge in [-0.3, -0.25) is 0 Å². The van der Waals surface area contributed by atoms with Crippen molar-refractivity contribution in [2.75, 3.05) is 6.54 Å². The molecule has 1 aliphatic carbocycles. The van der Waals surface area contributed by atoms with Crippen molar-refractivity contribution in [3.8, 4) is 0 Å². The molecule has 0 heterocycles. The van der Waals surface area contributed by atoms with Crippen molar-refractivity contribution >= 4 is 10.0 Å². The van der Waals surface area contributed by atoms with Crippen molar-refractivity contribution in [3.63, 3.8) is 0 Å². The maximum absolute atomic E-state index is 12.1. The highest BCUT2D eigenvalue weighted by Gasteiger charge is 2.23. The molecule has 0 saturated heterocycles. The van der Waals surface area contributed by atoms with E-state index in [0.29, 0.717) is 0 Å². The van der Waals surface area contributed by atoms with Crippen LogP contribution in [0.25, 0.3) is 0 Å². The van der Waals surface area contributed by atoms with Crippen LogP contribution in [0.2, 0.25) is 0 Å². The van der Waals surface area contributed by atoms with Crippen LogP contribution < -0.4 is 4.72 Å². The maximum Gasteiger partial charge on any atom is 0.215 e. The Hall–Kier alpha value is -0.910. The first-order chi connectivity index (χ1) is 9.96. The van der Waals surface area contributed by atoms with Crippen molar-refractivity contribution in [1.29, 1.82) is 0 Å². The molecule has 4 nitrogen and oxygen atoms in total. The van der Waals surface area contributed by atoms with Crippen molar-refractivity contribution in [2.24, 2.45) is 5.92 Å². The molecule has 0 radical (unpaired) electrons. The van der Waals surface area contributed by atoms with Crippen molar-refractivity contribution in [3.05, 3.63) is 35.4 Å². The number of aryl methyl sites for hydroxylation is 1. The third-order valence-electron chi connectivity index (χ3n) is 4.15. The largest absolute Gasteiger partial charge is 0.391 e. The summed E-state index contributed by atoms with van der Waals surface area (Å²) >= 11 is 0. The molecule has 1 atom stereocenters. The van der Waals surface area contributed by atoms with Crippen LogP contribution >= 0.6 is 0 Å². The Balaban J connectivity index is 1.86. The Morgan fingerprint density at radius 2 is 2.00 bits per heavy atom. The van der Waals surface area contributed by atoms with Gasteiger partial charge in [-0.25, -0.2) is 13.1 Å². The molecule has 0 aliphatic heterocycles. The fourth-order valence-electron chi connectivity index (χ4n) is 2.97. The number of hydrogen-bond donors (Lipinski definition) is 2. The van der Waals surface area contributed by atoms with E-state index in [0.717, 1.165) is 36.8 Å². The minimum atomic E-state index is -3.40. The van der Waals surface area contributed by atoms with Crippen molar-refractivity contribution in [1.82, 2.24) is 4.72 Å². The van der Waals surface area contributed by atoms with Crippen LogP contribution in [0, 0.1) is 12.8 Å². The van der Waals surface area contributed by atoms with Crippen molar-refractivity contribution in [2.45, 2.75) is 50.9 Å². The first kappa shape index (κ1) is 16.5. The standard InChI is InChI=1S/C16H25NO3S/c1-13-6-5-7-14(10-13)12-21(19,20)17-11-16(18)15-8-3-2-4-9-15/h5-7,10,15-18H,2-4,8-9,11-12H2,1H3. The Labute approximate surface area is 127 Å². The zero-order valence-corrected chi connectivity index (χ0v) is 13.4. The second-order valence-electron chi connectivity index (χ2n) is 6.06. The molecule has 1 fully saturated rings. The number of rotatable bonds is 6. The first-order valence-corrected chi connectivity index (χ1v) is 9.32. The molecule has 0 amide bonds. The average molecular weight is 311 g/mol. The van der Waals surface area contributed by atoms with E-state index in [4.69, 9.17) is 0 Å². The van der Waals surface area contributed by atoms with Crippen LogP contribution in [0.4, 0.5) is 0 Å². The lowest BCUT2D eigenvalue weighted by Crippen LogP contribution is -2.37. The quantitative estimate of drug-likeness (QED) is 0.847. The zero-order chi connectivity index (χ0) is 15.3. The number of aliphatic hydroxyl groups is 1. The van der Waals surface area contributed by atoms with E-state index in [1.807, 2.05) is 31.2 Å². The molecule has 118 valence electrons. The van der Waals surface area contributed by atoms with Gasteiger partial charge in [0.15, 0.2) is 0 Å². The summed E-state index contributed by atoms with van der Waals surface area (Å²) in [6.45, 7) is 2.06. The highest BCUT2D eigenvalue weighted by Crippen LogP contribution is 2.26. The zero-order valence-electron chi connectivity index (χ0n) is 12.6. The van der Waals surface area contributed by atoms with Crippen LogP contribution in [-0.2, 0) is 15.8 Å². The fraction of sp³-hybridized carbons (Fsp3) is 0.625. The predicted molar refractivity (Wildman–Crippen MR) is 84.4 cm³/mol. The van der Waals surface area contributed by atoms with Crippen molar-refractivity contribution < 1.29 is 13.5 Å². The van der Waals surface area contributed by atoms with E-state index in [-0.39, 0.29) is 18.2 Å². The molecule has 2 rings (SSSR count). The summed E-state index contributed by atoms with van der Waals surface area (Å²) in [5.74, 6) is 0.201. The highest BCUT2D eigenvalue weighted by atomic mass is 32.2. The molecule has 1 aromatic rings. The third kappa shape index (κ3) is 5.41. The van der Waals surface area contributed by atoms with E-state index >= 15 is 0 Å². The van der Waals surface area contributed by atoms with Crippen LogP contribution in [0.5, 0.6) is 0 Å². The molecule has 0 aromatic heterocycles. The molecule has 5 heteroatoms. The topological polar surface area (TPSA) is 66.4 Å². The van der Waals surface area contributed by atoms with Crippen LogP contribution in [0.3, 0.4) is 0 Å². The smallest absolute Gasteiger partial charge is 0.215 e. The Morgan fingerprint density at radius 1 is 1.29 bits per heavy atom. The normalized spacial score (nSPS) is 18.6. The van der Waals surface area contributed by atoms with Gasteiger partial charge in [-0.15, -0.1) is 0 Å². The van der Waals surface area contributed by atoms with Gasteiger partial charge in [-0.05, 0) is 31.2 Å². The third-order valence-corrected chi connectivity index (χ3v) is 5.47. The molecule has 1 aliphatic rings. The molecule has 1 saturated carbocycles. The second kappa shape index (κ2) is 7.38. The summed E-state index contributed by atoms with van der Waals surface area (Å²) in [5, 5.41) is 10.1. The SMILES string of the molecule is Cc1cccc(CS(=O)(=O)NCC(O)C2CCCCC2)c1. The van der Waals surface area contributed by atoms with Gasteiger partial charge in [0.1, 0.15) is 0 Å². The molecule has 1 unspecified atom stereocenters. The van der Waals surface area contributed by atoms with Gasteiger partial charge < -0.3 is 5.11 Å². The number of hydrogen-bond acceptors (Lipinski definition) is 3. The molecular formula is C16H25NO3S. The summed E-state index contributed by atoms with van der Waals surface area (Å²) in [6, 6.07) is 7.48. The lowest BCUT2D eigenvalue weighted by molar-refractivity contribution is 0.0888. The van der Waals surface area contributed by atoms with Crippen LogP contribution in [0.15, 0.2) is 24.3 Å². The van der Waals surface area contributed by atoms with E-state index < -0.39 is 16.1 Å². The van der Waals surface area contributed by atoms with Gasteiger partial charge in [0.25, 0.3) is 0 Å². The summed E-state index contributed by atoms with van der Waals surface area (Å²) in [6.07, 6.45) is 4.93. The second-order valence-corrected chi connectivity index (χ2v) is 7.87. The summed E-state index contributed by atoms with van der Waals surface area (Å²) in [4.78, 5) is 0. The van der Waals surface area contributed by atoms with Gasteiger partial charge in [-0.2, -0.15) is 0 Å². The van der Waals surface area contributed by atoms with E-state index in [1.54, 1.807) is 0 Å².